The van der Waals surface area contributed by atoms with Crippen LogP contribution in [0.15, 0.2) is 42.5 Å². The lowest BCUT2D eigenvalue weighted by Crippen LogP contribution is -2.11. The molecule has 4 nitrogen and oxygen atoms in total. The van der Waals surface area contributed by atoms with Crippen molar-refractivity contribution in [2.45, 2.75) is 20.0 Å². The molecule has 0 aliphatic carbocycles. The fraction of sp³-hybridized carbons (Fsp3) is 0.294. The van der Waals surface area contributed by atoms with Gasteiger partial charge in [-0.2, -0.15) is 0 Å². The number of nitrogen functional groups attached to an aromatic ring is 1. The summed E-state index contributed by atoms with van der Waals surface area (Å²) in [6.07, 6.45) is 0.113. The zero-order valence-corrected chi connectivity index (χ0v) is 13.0. The van der Waals surface area contributed by atoms with Gasteiger partial charge in [-0.25, -0.2) is 0 Å². The van der Waals surface area contributed by atoms with Gasteiger partial charge in [0.25, 0.3) is 0 Å². The Morgan fingerprint density at radius 1 is 1.00 bits per heavy atom. The van der Waals surface area contributed by atoms with Gasteiger partial charge in [-0.15, -0.1) is 0 Å². The average Bonchev–Trinajstić information content (AvgIpc) is 2.45. The molecule has 0 fully saturated rings. The van der Waals surface area contributed by atoms with Crippen LogP contribution in [0.25, 0.3) is 0 Å². The molecule has 0 unspecified atom stereocenters. The van der Waals surface area contributed by atoms with Gasteiger partial charge in [-0.3, -0.25) is 0 Å². The quantitative estimate of drug-likeness (QED) is 0.849. The molecule has 2 rings (SSSR count). The van der Waals surface area contributed by atoms with Crippen LogP contribution in [-0.2, 0) is 0 Å². The van der Waals surface area contributed by atoms with Gasteiger partial charge in [0.05, 0.1) is 13.2 Å². The third kappa shape index (κ3) is 3.81. The summed E-state index contributed by atoms with van der Waals surface area (Å²) in [6.45, 7) is 3.99. The molecule has 0 aromatic heterocycles. The second-order valence-electron chi connectivity index (χ2n) is 5.19. The van der Waals surface area contributed by atoms with Crippen molar-refractivity contribution in [2.24, 2.45) is 0 Å². The summed E-state index contributed by atoms with van der Waals surface area (Å²) >= 11 is 0. The van der Waals surface area contributed by atoms with Gasteiger partial charge in [0, 0.05) is 42.3 Å². The van der Waals surface area contributed by atoms with Crippen molar-refractivity contribution in [2.75, 3.05) is 24.8 Å². The van der Waals surface area contributed by atoms with Crippen molar-refractivity contribution >= 4 is 17.1 Å². The van der Waals surface area contributed by atoms with E-state index in [2.05, 4.69) is 0 Å². The first-order valence-electron chi connectivity index (χ1n) is 6.94. The first-order valence-corrected chi connectivity index (χ1v) is 6.94. The summed E-state index contributed by atoms with van der Waals surface area (Å²) in [5, 5.41) is 0. The van der Waals surface area contributed by atoms with Crippen LogP contribution >= 0.6 is 0 Å². The lowest BCUT2D eigenvalue weighted by Gasteiger charge is -2.22. The van der Waals surface area contributed by atoms with E-state index in [4.69, 9.17) is 15.2 Å². The Kier molecular flexibility index (Phi) is 4.58. The number of hydrogen-bond acceptors (Lipinski definition) is 4. The van der Waals surface area contributed by atoms with Crippen molar-refractivity contribution in [1.82, 2.24) is 0 Å². The number of nitrogens with zero attached hydrogens (tertiary/aromatic N) is 1. The summed E-state index contributed by atoms with van der Waals surface area (Å²) in [6, 6.07) is 13.6. The van der Waals surface area contributed by atoms with Gasteiger partial charge in [0.1, 0.15) is 11.5 Å². The Hall–Kier alpha value is -2.36. The molecular weight excluding hydrogens is 264 g/mol. The maximum Gasteiger partial charge on any atom is 0.123 e. The summed E-state index contributed by atoms with van der Waals surface area (Å²) in [7, 11) is 3.65. The zero-order chi connectivity index (χ0) is 15.4. The maximum atomic E-state index is 5.98. The Morgan fingerprint density at radius 2 is 1.71 bits per heavy atom. The number of benzene rings is 2. The molecule has 0 aliphatic heterocycles. The van der Waals surface area contributed by atoms with E-state index in [1.807, 2.05) is 68.3 Å². The molecule has 0 amide bonds. The van der Waals surface area contributed by atoms with Gasteiger partial charge in [0.15, 0.2) is 0 Å². The van der Waals surface area contributed by atoms with Crippen LogP contribution < -0.4 is 20.1 Å². The van der Waals surface area contributed by atoms with Crippen molar-refractivity contribution in [3.63, 3.8) is 0 Å². The highest BCUT2D eigenvalue weighted by atomic mass is 16.5. The van der Waals surface area contributed by atoms with Crippen molar-refractivity contribution in [1.29, 1.82) is 0 Å². The van der Waals surface area contributed by atoms with E-state index >= 15 is 0 Å². The zero-order valence-electron chi connectivity index (χ0n) is 13.0. The van der Waals surface area contributed by atoms with E-state index in [0.717, 1.165) is 22.9 Å². The third-order valence-electron chi connectivity index (χ3n) is 3.11. The minimum Gasteiger partial charge on any atom is -0.497 e. The topological polar surface area (TPSA) is 47.7 Å². The summed E-state index contributed by atoms with van der Waals surface area (Å²) in [4.78, 5) is 2.05. The monoisotopic (exact) mass is 286 g/mol. The smallest absolute Gasteiger partial charge is 0.123 e. The highest BCUT2D eigenvalue weighted by Gasteiger charge is 2.09. The standard InChI is InChI=1S/C17H22N2O2/c1-12(2)21-17-9-13(18)8-15(11-17)19(3)14-6-5-7-16(10-14)20-4/h5-12H,18H2,1-4H3. The number of rotatable bonds is 5. The summed E-state index contributed by atoms with van der Waals surface area (Å²) in [5.74, 6) is 1.59. The van der Waals surface area contributed by atoms with E-state index in [0.29, 0.717) is 5.69 Å². The molecule has 0 radical (unpaired) electrons. The molecule has 0 bridgehead atoms. The fourth-order valence-electron chi connectivity index (χ4n) is 2.11. The summed E-state index contributed by atoms with van der Waals surface area (Å²) < 4.78 is 11.0. The third-order valence-corrected chi connectivity index (χ3v) is 3.11. The Labute approximate surface area is 126 Å². The molecule has 2 aromatic rings. The molecule has 21 heavy (non-hydrogen) atoms. The van der Waals surface area contributed by atoms with Gasteiger partial charge in [-0.1, -0.05) is 6.07 Å². The number of nitrogens with two attached hydrogens (primary N) is 1. The second kappa shape index (κ2) is 6.39. The lowest BCUT2D eigenvalue weighted by molar-refractivity contribution is 0.242. The molecule has 0 aliphatic rings. The van der Waals surface area contributed by atoms with Crippen LogP contribution in [0, 0.1) is 0 Å². The number of methoxy groups -OCH3 is 1. The van der Waals surface area contributed by atoms with Crippen LogP contribution in [0.3, 0.4) is 0 Å². The van der Waals surface area contributed by atoms with Crippen LogP contribution in [0.4, 0.5) is 17.1 Å². The molecule has 0 saturated carbocycles. The van der Waals surface area contributed by atoms with Gasteiger partial charge in [0.2, 0.25) is 0 Å². The van der Waals surface area contributed by atoms with Gasteiger partial charge in [-0.05, 0) is 32.0 Å². The van der Waals surface area contributed by atoms with E-state index in [1.54, 1.807) is 7.11 Å². The van der Waals surface area contributed by atoms with E-state index in [9.17, 15) is 0 Å². The molecule has 0 atom stereocenters. The van der Waals surface area contributed by atoms with Crippen molar-refractivity contribution in [3.8, 4) is 11.5 Å². The van der Waals surface area contributed by atoms with Crippen LogP contribution in [0.2, 0.25) is 0 Å². The highest BCUT2D eigenvalue weighted by Crippen LogP contribution is 2.31. The Balaban J connectivity index is 2.33. The summed E-state index contributed by atoms with van der Waals surface area (Å²) in [5.41, 5.74) is 8.65. The molecule has 0 spiro atoms. The average molecular weight is 286 g/mol. The van der Waals surface area contributed by atoms with Crippen molar-refractivity contribution < 1.29 is 9.47 Å². The predicted octanol–water partition coefficient (Wildman–Crippen LogP) is 3.83. The van der Waals surface area contributed by atoms with Crippen molar-refractivity contribution in [3.05, 3.63) is 42.5 Å². The second-order valence-corrected chi connectivity index (χ2v) is 5.19. The Bertz CT molecular complexity index is 611. The van der Waals surface area contributed by atoms with Gasteiger partial charge < -0.3 is 20.1 Å². The molecule has 2 N–H and O–H groups in total. The van der Waals surface area contributed by atoms with E-state index in [1.165, 1.54) is 0 Å². The van der Waals surface area contributed by atoms with Gasteiger partial charge >= 0.3 is 0 Å². The Morgan fingerprint density at radius 3 is 2.38 bits per heavy atom. The molecule has 2 aromatic carbocycles. The molecule has 0 heterocycles. The highest BCUT2D eigenvalue weighted by molar-refractivity contribution is 5.69. The largest absolute Gasteiger partial charge is 0.497 e. The fourth-order valence-corrected chi connectivity index (χ4v) is 2.11. The molecule has 0 saturated heterocycles. The first kappa shape index (κ1) is 15.0. The van der Waals surface area contributed by atoms with Crippen LogP contribution in [0.1, 0.15) is 13.8 Å². The maximum absolute atomic E-state index is 5.98. The lowest BCUT2D eigenvalue weighted by atomic mass is 10.2. The normalized spacial score (nSPS) is 10.5. The molecular formula is C17H22N2O2. The minimum absolute atomic E-state index is 0.113. The van der Waals surface area contributed by atoms with Crippen LogP contribution in [-0.4, -0.2) is 20.3 Å². The first-order chi connectivity index (χ1) is 9.99. The van der Waals surface area contributed by atoms with Crippen LogP contribution in [0.5, 0.6) is 11.5 Å². The SMILES string of the molecule is COc1cccc(N(C)c2cc(N)cc(OC(C)C)c2)c1. The number of ether oxygens (including phenoxy) is 2. The minimum atomic E-state index is 0.113. The number of anilines is 3. The van der Waals surface area contributed by atoms with E-state index in [-0.39, 0.29) is 6.10 Å². The van der Waals surface area contributed by atoms with E-state index < -0.39 is 0 Å². The molecule has 112 valence electrons. The molecule has 4 heteroatoms. The predicted molar refractivity (Wildman–Crippen MR) is 87.7 cm³/mol. The number of hydrogen-bond donors (Lipinski definition) is 1.